The molecule has 0 aliphatic rings. The predicted octanol–water partition coefficient (Wildman–Crippen LogP) is 2.71. The first-order valence-corrected chi connectivity index (χ1v) is 7.29. The van der Waals surface area contributed by atoms with Crippen molar-refractivity contribution in [2.75, 3.05) is 24.6 Å². The van der Waals surface area contributed by atoms with Crippen molar-refractivity contribution in [2.45, 2.75) is 13.5 Å². The van der Waals surface area contributed by atoms with E-state index in [1.807, 2.05) is 48.5 Å². The maximum atomic E-state index is 12.0. The number of anilines is 2. The Morgan fingerprint density at radius 2 is 2.20 bits per heavy atom. The van der Waals surface area contributed by atoms with Gasteiger partial charge in [0.1, 0.15) is 0 Å². The molecule has 4 nitrogen and oxygen atoms in total. The first-order valence-electron chi connectivity index (χ1n) is 6.41. The Hall–Kier alpha value is -1.85. The number of carbonyl (C=O) groups excluding carboxylic acids is 1. The molecule has 0 spiro atoms. The van der Waals surface area contributed by atoms with Crippen LogP contribution >= 0.6 is 11.3 Å². The van der Waals surface area contributed by atoms with Gasteiger partial charge in [0.05, 0.1) is 17.9 Å². The highest BCUT2D eigenvalue weighted by atomic mass is 32.1. The fourth-order valence-corrected chi connectivity index (χ4v) is 2.74. The van der Waals surface area contributed by atoms with Crippen molar-refractivity contribution in [3.05, 3.63) is 46.2 Å². The molecule has 0 fully saturated rings. The molecular weight excluding hydrogens is 270 g/mol. The molecule has 0 saturated carbocycles. The number of amides is 1. The second-order valence-corrected chi connectivity index (χ2v) is 5.92. The first kappa shape index (κ1) is 14.6. The van der Waals surface area contributed by atoms with E-state index in [2.05, 4.69) is 11.4 Å². The summed E-state index contributed by atoms with van der Waals surface area (Å²) in [5.41, 5.74) is 8.23. The summed E-state index contributed by atoms with van der Waals surface area (Å²) in [5, 5.41) is 4.88. The molecule has 2 rings (SSSR count). The minimum atomic E-state index is -0.0559. The van der Waals surface area contributed by atoms with Gasteiger partial charge in [-0.25, -0.2) is 0 Å². The van der Waals surface area contributed by atoms with Crippen molar-refractivity contribution in [1.82, 2.24) is 4.90 Å². The zero-order valence-corrected chi connectivity index (χ0v) is 12.5. The van der Waals surface area contributed by atoms with Gasteiger partial charge in [-0.1, -0.05) is 12.1 Å². The third-order valence-corrected chi connectivity index (χ3v) is 3.76. The van der Waals surface area contributed by atoms with Gasteiger partial charge in [-0.2, -0.15) is 0 Å². The van der Waals surface area contributed by atoms with Crippen LogP contribution in [0.5, 0.6) is 0 Å². The molecule has 1 heterocycles. The van der Waals surface area contributed by atoms with E-state index in [4.69, 9.17) is 5.73 Å². The maximum Gasteiger partial charge on any atom is 0.238 e. The van der Waals surface area contributed by atoms with Crippen LogP contribution in [0.2, 0.25) is 0 Å². The highest BCUT2D eigenvalue weighted by molar-refractivity contribution is 7.09. The smallest absolute Gasteiger partial charge is 0.238 e. The van der Waals surface area contributed by atoms with Crippen LogP contribution in [0.25, 0.3) is 0 Å². The lowest BCUT2D eigenvalue weighted by atomic mass is 10.2. The summed E-state index contributed by atoms with van der Waals surface area (Å²) in [5.74, 6) is -0.0559. The van der Waals surface area contributed by atoms with Gasteiger partial charge in [0.25, 0.3) is 0 Å². The molecule has 5 heteroatoms. The third kappa shape index (κ3) is 4.08. The zero-order valence-electron chi connectivity index (χ0n) is 11.7. The number of carbonyl (C=O) groups is 1. The van der Waals surface area contributed by atoms with E-state index in [0.29, 0.717) is 17.9 Å². The number of thiophene rings is 1. The highest BCUT2D eigenvalue weighted by Gasteiger charge is 2.09. The van der Waals surface area contributed by atoms with E-state index in [-0.39, 0.29) is 5.91 Å². The molecular formula is C15H19N3OS. The third-order valence-electron chi connectivity index (χ3n) is 2.90. The summed E-state index contributed by atoms with van der Waals surface area (Å²) < 4.78 is 0. The molecule has 1 amide bonds. The van der Waals surface area contributed by atoms with Crippen LogP contribution in [-0.2, 0) is 11.3 Å². The number of nitrogens with zero attached hydrogens (tertiary/aromatic N) is 1. The summed E-state index contributed by atoms with van der Waals surface area (Å²) in [4.78, 5) is 15.2. The number of aryl methyl sites for hydroxylation is 1. The van der Waals surface area contributed by atoms with Gasteiger partial charge in [-0.15, -0.1) is 11.3 Å². The van der Waals surface area contributed by atoms with Crippen LogP contribution < -0.4 is 11.1 Å². The average molecular weight is 289 g/mol. The average Bonchev–Trinajstić information content (AvgIpc) is 2.85. The van der Waals surface area contributed by atoms with E-state index in [9.17, 15) is 4.79 Å². The number of likely N-dealkylation sites (N-methyl/N-ethyl adjacent to an activating group) is 1. The standard InChI is InChI=1S/C15H19N3OS/c1-11-5-6-14(13(16)8-11)17-15(19)10-18(2)9-12-4-3-7-20-12/h3-8H,9-10,16H2,1-2H3,(H,17,19). The van der Waals surface area contributed by atoms with Gasteiger partial charge >= 0.3 is 0 Å². The Balaban J connectivity index is 1.88. The number of hydrogen-bond donors (Lipinski definition) is 2. The molecule has 0 radical (unpaired) electrons. The summed E-state index contributed by atoms with van der Waals surface area (Å²) >= 11 is 1.69. The van der Waals surface area contributed by atoms with Crippen LogP contribution in [0.3, 0.4) is 0 Å². The Labute approximate surface area is 123 Å². The lowest BCUT2D eigenvalue weighted by Gasteiger charge is -2.16. The van der Waals surface area contributed by atoms with Crippen molar-refractivity contribution in [2.24, 2.45) is 0 Å². The van der Waals surface area contributed by atoms with Crippen molar-refractivity contribution in [3.63, 3.8) is 0 Å². The maximum absolute atomic E-state index is 12.0. The number of nitrogens with two attached hydrogens (primary N) is 1. The predicted molar refractivity (Wildman–Crippen MR) is 84.9 cm³/mol. The summed E-state index contributed by atoms with van der Waals surface area (Å²) in [6.07, 6.45) is 0. The van der Waals surface area contributed by atoms with Crippen molar-refractivity contribution < 1.29 is 4.79 Å². The fourth-order valence-electron chi connectivity index (χ4n) is 1.96. The van der Waals surface area contributed by atoms with E-state index >= 15 is 0 Å². The second-order valence-electron chi connectivity index (χ2n) is 4.89. The van der Waals surface area contributed by atoms with E-state index in [1.165, 1.54) is 4.88 Å². The molecule has 1 aromatic carbocycles. The van der Waals surface area contributed by atoms with E-state index in [1.54, 1.807) is 11.3 Å². The van der Waals surface area contributed by atoms with Crippen LogP contribution in [0, 0.1) is 6.92 Å². The minimum Gasteiger partial charge on any atom is -0.397 e. The van der Waals surface area contributed by atoms with Crippen molar-refractivity contribution in [1.29, 1.82) is 0 Å². The van der Waals surface area contributed by atoms with Crippen LogP contribution in [0.4, 0.5) is 11.4 Å². The van der Waals surface area contributed by atoms with Gasteiger partial charge in [-0.05, 0) is 43.1 Å². The largest absolute Gasteiger partial charge is 0.397 e. The molecule has 0 aliphatic heterocycles. The summed E-state index contributed by atoms with van der Waals surface area (Å²) in [6, 6.07) is 9.70. The molecule has 0 atom stereocenters. The monoisotopic (exact) mass is 289 g/mol. The summed E-state index contributed by atoms with van der Waals surface area (Å²) in [7, 11) is 1.93. The van der Waals surface area contributed by atoms with E-state index in [0.717, 1.165) is 12.1 Å². The zero-order chi connectivity index (χ0) is 14.5. The van der Waals surface area contributed by atoms with Gasteiger partial charge < -0.3 is 11.1 Å². The molecule has 0 unspecified atom stereocenters. The normalized spacial score (nSPS) is 10.8. The lowest BCUT2D eigenvalue weighted by molar-refractivity contribution is -0.117. The second kappa shape index (κ2) is 6.54. The van der Waals surface area contributed by atoms with Gasteiger partial charge in [0.2, 0.25) is 5.91 Å². The van der Waals surface area contributed by atoms with Gasteiger partial charge in [-0.3, -0.25) is 9.69 Å². The molecule has 3 N–H and O–H groups in total. The SMILES string of the molecule is Cc1ccc(NC(=O)CN(C)Cc2cccs2)c(N)c1. The fraction of sp³-hybridized carbons (Fsp3) is 0.267. The van der Waals surface area contributed by atoms with Gasteiger partial charge in [0.15, 0.2) is 0 Å². The molecule has 0 saturated heterocycles. The summed E-state index contributed by atoms with van der Waals surface area (Å²) in [6.45, 7) is 3.08. The van der Waals surface area contributed by atoms with Crippen LogP contribution in [0.1, 0.15) is 10.4 Å². The molecule has 106 valence electrons. The Kier molecular flexibility index (Phi) is 4.76. The Morgan fingerprint density at radius 3 is 2.85 bits per heavy atom. The quantitative estimate of drug-likeness (QED) is 0.832. The van der Waals surface area contributed by atoms with Crippen LogP contribution in [-0.4, -0.2) is 24.4 Å². The van der Waals surface area contributed by atoms with Crippen molar-refractivity contribution >= 4 is 28.6 Å². The molecule has 20 heavy (non-hydrogen) atoms. The number of nitrogen functional groups attached to an aromatic ring is 1. The molecule has 0 bridgehead atoms. The molecule has 0 aliphatic carbocycles. The highest BCUT2D eigenvalue weighted by Crippen LogP contribution is 2.19. The van der Waals surface area contributed by atoms with E-state index < -0.39 is 0 Å². The van der Waals surface area contributed by atoms with Gasteiger partial charge in [0, 0.05) is 11.4 Å². The first-order chi connectivity index (χ1) is 9.54. The van der Waals surface area contributed by atoms with Crippen molar-refractivity contribution in [3.8, 4) is 0 Å². The topological polar surface area (TPSA) is 58.4 Å². The number of hydrogen-bond acceptors (Lipinski definition) is 4. The Bertz CT molecular complexity index is 581. The number of benzene rings is 1. The Morgan fingerprint density at radius 1 is 1.40 bits per heavy atom. The minimum absolute atomic E-state index is 0.0559. The lowest BCUT2D eigenvalue weighted by Crippen LogP contribution is -2.29. The number of rotatable bonds is 5. The number of nitrogens with one attached hydrogen (secondary N) is 1. The molecule has 1 aromatic heterocycles. The molecule has 2 aromatic rings. The van der Waals surface area contributed by atoms with Crippen LogP contribution in [0.15, 0.2) is 35.7 Å².